The fraction of sp³-hybridized carbons (Fsp3) is 0.581. The molecule has 2 aromatic rings. The number of hydrogen-bond acceptors (Lipinski definition) is 5. The van der Waals surface area contributed by atoms with Crippen LogP contribution in [0.5, 0.6) is 5.75 Å². The normalized spacial score (nSPS) is 21.0. The number of alkyl halides is 3. The van der Waals surface area contributed by atoms with E-state index < -0.39 is 11.7 Å². The highest BCUT2D eigenvalue weighted by atomic mass is 19.4. The van der Waals surface area contributed by atoms with Crippen molar-refractivity contribution in [2.75, 3.05) is 57.8 Å². The van der Waals surface area contributed by atoms with Crippen molar-refractivity contribution < 1.29 is 22.7 Å². The molecule has 4 rings (SSSR count). The Kier molecular flexibility index (Phi) is 10.4. The minimum absolute atomic E-state index is 0.0738. The Morgan fingerprint density at radius 2 is 1.80 bits per heavy atom. The van der Waals surface area contributed by atoms with Crippen molar-refractivity contribution in [2.24, 2.45) is 5.92 Å². The Bertz CT molecular complexity index is 1100. The molecule has 220 valence electrons. The molecular formula is C31H43F3N4O2. The van der Waals surface area contributed by atoms with Crippen molar-refractivity contribution >= 4 is 11.6 Å². The maximum atomic E-state index is 13.2. The van der Waals surface area contributed by atoms with Gasteiger partial charge in [-0.3, -0.25) is 9.69 Å². The zero-order valence-electron chi connectivity index (χ0n) is 23.9. The molecule has 1 N–H and O–H groups in total. The van der Waals surface area contributed by atoms with Gasteiger partial charge in [-0.05, 0) is 75.4 Å². The van der Waals surface area contributed by atoms with Gasteiger partial charge in [0.2, 0.25) is 5.91 Å². The number of methoxy groups -OCH3 is 1. The summed E-state index contributed by atoms with van der Waals surface area (Å²) in [6.45, 7) is 10.0. The summed E-state index contributed by atoms with van der Waals surface area (Å²) in [7, 11) is 1.66. The Morgan fingerprint density at radius 3 is 2.50 bits per heavy atom. The molecule has 0 aliphatic carbocycles. The number of nitrogens with one attached hydrogen (secondary N) is 1. The number of anilines is 1. The molecule has 0 unspecified atom stereocenters. The van der Waals surface area contributed by atoms with Crippen LogP contribution in [-0.2, 0) is 17.4 Å². The maximum absolute atomic E-state index is 13.2. The first-order valence-corrected chi connectivity index (χ1v) is 14.4. The van der Waals surface area contributed by atoms with Crippen LogP contribution in [0.15, 0.2) is 48.5 Å². The number of benzene rings is 2. The largest absolute Gasteiger partial charge is 0.496 e. The van der Waals surface area contributed by atoms with Crippen LogP contribution in [0.1, 0.15) is 44.2 Å². The number of ether oxygens (including phenoxy) is 1. The highest BCUT2D eigenvalue weighted by Gasteiger charge is 2.36. The number of para-hydroxylation sites is 1. The van der Waals surface area contributed by atoms with Gasteiger partial charge < -0.3 is 19.9 Å². The third-order valence-electron chi connectivity index (χ3n) is 8.43. The molecule has 2 aliphatic rings. The van der Waals surface area contributed by atoms with Crippen molar-refractivity contribution in [3.8, 4) is 5.75 Å². The molecule has 2 aromatic carbocycles. The van der Waals surface area contributed by atoms with Crippen LogP contribution < -0.4 is 15.0 Å². The van der Waals surface area contributed by atoms with Crippen LogP contribution in [0, 0.1) is 5.92 Å². The van der Waals surface area contributed by atoms with E-state index in [1.165, 1.54) is 12.1 Å². The Morgan fingerprint density at radius 1 is 1.05 bits per heavy atom. The molecule has 0 spiro atoms. The van der Waals surface area contributed by atoms with E-state index in [9.17, 15) is 18.0 Å². The van der Waals surface area contributed by atoms with Crippen molar-refractivity contribution in [3.05, 3.63) is 59.7 Å². The summed E-state index contributed by atoms with van der Waals surface area (Å²) in [5.41, 5.74) is 1.11. The molecule has 0 saturated carbocycles. The zero-order chi connectivity index (χ0) is 28.7. The first kappa shape index (κ1) is 30.2. The van der Waals surface area contributed by atoms with E-state index in [0.717, 1.165) is 62.8 Å². The summed E-state index contributed by atoms with van der Waals surface area (Å²) in [5.74, 6) is 1.28. The van der Waals surface area contributed by atoms with E-state index in [1.807, 2.05) is 24.3 Å². The number of piperazine rings is 1. The molecule has 2 atom stereocenters. The number of rotatable bonds is 10. The van der Waals surface area contributed by atoms with Gasteiger partial charge in [0.1, 0.15) is 5.75 Å². The SMILES string of the molecule is COc1ccccc1CCNC(=O)CC[C@H]1CN(C(C)C)CC[C@H]1N1CCN(c2cccc(C(F)(F)F)c2)CC1. The predicted molar refractivity (Wildman–Crippen MR) is 153 cm³/mol. The first-order chi connectivity index (χ1) is 19.2. The van der Waals surface area contributed by atoms with Gasteiger partial charge in [-0.1, -0.05) is 24.3 Å². The second-order valence-corrected chi connectivity index (χ2v) is 11.2. The van der Waals surface area contributed by atoms with Crippen LogP contribution >= 0.6 is 0 Å². The number of amides is 1. The fourth-order valence-electron chi connectivity index (χ4n) is 6.12. The Balaban J connectivity index is 1.31. The molecule has 2 fully saturated rings. The van der Waals surface area contributed by atoms with Crippen molar-refractivity contribution in [3.63, 3.8) is 0 Å². The van der Waals surface area contributed by atoms with Crippen molar-refractivity contribution in [1.82, 2.24) is 15.1 Å². The minimum atomic E-state index is -4.34. The summed E-state index contributed by atoms with van der Waals surface area (Å²) in [6, 6.07) is 14.3. The summed E-state index contributed by atoms with van der Waals surface area (Å²) >= 11 is 0. The average Bonchev–Trinajstić information content (AvgIpc) is 2.96. The lowest BCUT2D eigenvalue weighted by Gasteiger charge is -2.48. The van der Waals surface area contributed by atoms with Gasteiger partial charge in [-0.15, -0.1) is 0 Å². The number of hydrogen-bond donors (Lipinski definition) is 1. The average molecular weight is 561 g/mol. The number of likely N-dealkylation sites (tertiary alicyclic amines) is 1. The van der Waals surface area contributed by atoms with E-state index in [0.29, 0.717) is 49.7 Å². The van der Waals surface area contributed by atoms with Crippen LogP contribution in [0.3, 0.4) is 0 Å². The van der Waals surface area contributed by atoms with Crippen molar-refractivity contribution in [2.45, 2.75) is 57.8 Å². The summed E-state index contributed by atoms with van der Waals surface area (Å²) in [4.78, 5) is 19.8. The molecule has 40 heavy (non-hydrogen) atoms. The smallest absolute Gasteiger partial charge is 0.416 e. The van der Waals surface area contributed by atoms with Crippen LogP contribution in [0.2, 0.25) is 0 Å². The molecule has 2 aliphatic heterocycles. The fourth-order valence-corrected chi connectivity index (χ4v) is 6.12. The van der Waals surface area contributed by atoms with Gasteiger partial charge in [0.25, 0.3) is 0 Å². The Labute approximate surface area is 236 Å². The third-order valence-corrected chi connectivity index (χ3v) is 8.43. The van der Waals surface area contributed by atoms with Gasteiger partial charge in [0.05, 0.1) is 12.7 Å². The van der Waals surface area contributed by atoms with E-state index in [-0.39, 0.29) is 5.91 Å². The van der Waals surface area contributed by atoms with Gasteiger partial charge in [-0.25, -0.2) is 0 Å². The lowest BCUT2D eigenvalue weighted by atomic mass is 9.86. The van der Waals surface area contributed by atoms with Crippen LogP contribution in [-0.4, -0.2) is 80.7 Å². The van der Waals surface area contributed by atoms with E-state index in [2.05, 4.69) is 33.9 Å². The van der Waals surface area contributed by atoms with Gasteiger partial charge in [0.15, 0.2) is 0 Å². The topological polar surface area (TPSA) is 48.1 Å². The monoisotopic (exact) mass is 560 g/mol. The van der Waals surface area contributed by atoms with E-state index in [1.54, 1.807) is 13.2 Å². The molecule has 2 heterocycles. The van der Waals surface area contributed by atoms with Gasteiger partial charge in [0, 0.05) is 63.5 Å². The van der Waals surface area contributed by atoms with Gasteiger partial charge in [-0.2, -0.15) is 13.2 Å². The number of halogens is 3. The second kappa shape index (κ2) is 13.7. The highest BCUT2D eigenvalue weighted by molar-refractivity contribution is 5.75. The lowest BCUT2D eigenvalue weighted by Crippen LogP contribution is -2.57. The molecule has 0 radical (unpaired) electrons. The standard InChI is InChI=1S/C31H43F3N4O2/c1-23(2)38-16-14-28(37-19-17-36(18-20-37)27-9-6-8-26(21-27)31(32,33)34)25(22-38)11-12-30(39)35-15-13-24-7-4-5-10-29(24)40-3/h4-10,21,23,25,28H,11-20,22H2,1-3H3,(H,35,39)/t25-,28+/m0/s1. The minimum Gasteiger partial charge on any atom is -0.496 e. The highest BCUT2D eigenvalue weighted by Crippen LogP contribution is 2.33. The molecule has 6 nitrogen and oxygen atoms in total. The van der Waals surface area contributed by atoms with E-state index >= 15 is 0 Å². The zero-order valence-corrected chi connectivity index (χ0v) is 23.9. The molecular weight excluding hydrogens is 517 g/mol. The van der Waals surface area contributed by atoms with Crippen LogP contribution in [0.4, 0.5) is 18.9 Å². The summed E-state index contributed by atoms with van der Waals surface area (Å²) in [5, 5.41) is 3.08. The molecule has 2 saturated heterocycles. The van der Waals surface area contributed by atoms with Gasteiger partial charge >= 0.3 is 6.18 Å². The molecule has 0 aromatic heterocycles. The maximum Gasteiger partial charge on any atom is 0.416 e. The predicted octanol–water partition coefficient (Wildman–Crippen LogP) is 5.07. The number of piperidine rings is 1. The van der Waals surface area contributed by atoms with Crippen molar-refractivity contribution in [1.29, 1.82) is 0 Å². The number of carbonyl (C=O) groups excluding carboxylic acids is 1. The summed E-state index contributed by atoms with van der Waals surface area (Å²) < 4.78 is 45.1. The lowest BCUT2D eigenvalue weighted by molar-refractivity contribution is -0.137. The summed E-state index contributed by atoms with van der Waals surface area (Å²) in [6.07, 6.45) is -1.26. The quantitative estimate of drug-likeness (QED) is 0.440. The Hall–Kier alpha value is -2.78. The molecule has 9 heteroatoms. The molecule has 0 bridgehead atoms. The van der Waals surface area contributed by atoms with Crippen LogP contribution in [0.25, 0.3) is 0 Å². The number of nitrogens with zero attached hydrogens (tertiary/aromatic N) is 3. The first-order valence-electron chi connectivity index (χ1n) is 14.4. The third kappa shape index (κ3) is 7.91. The number of carbonyl (C=O) groups is 1. The molecule has 1 amide bonds. The van der Waals surface area contributed by atoms with E-state index in [4.69, 9.17) is 4.74 Å². The second-order valence-electron chi connectivity index (χ2n) is 11.2.